The number of likely N-dealkylation sites (N-methyl/N-ethyl adjacent to an activating group) is 2. The number of aromatic nitrogens is 3. The monoisotopic (exact) mass is 1090 g/mol. The van der Waals surface area contributed by atoms with Crippen LogP contribution in [-0.2, 0) is 41.6 Å². The van der Waals surface area contributed by atoms with Crippen LogP contribution in [0.15, 0.2) is 48.5 Å². The van der Waals surface area contributed by atoms with Gasteiger partial charge in [0.05, 0.1) is 31.3 Å². The van der Waals surface area contributed by atoms with Gasteiger partial charge in [0.2, 0.25) is 47.3 Å². The molecule has 8 atom stereocenters. The van der Waals surface area contributed by atoms with E-state index in [1.165, 1.54) is 18.2 Å². The zero-order valence-electron chi connectivity index (χ0n) is 44.8. The molecular weight excluding hydrogens is 1010 g/mol. The molecule has 0 spiro atoms. The van der Waals surface area contributed by atoms with Crippen molar-refractivity contribution >= 4 is 72.2 Å². The van der Waals surface area contributed by atoms with E-state index >= 15 is 0 Å². The van der Waals surface area contributed by atoms with Crippen LogP contribution in [0.2, 0.25) is 0 Å². The lowest BCUT2D eigenvalue weighted by Crippen LogP contribution is -2.55. The average Bonchev–Trinajstić information content (AvgIpc) is 4.14. The van der Waals surface area contributed by atoms with E-state index in [1.54, 1.807) is 37.7 Å². The Bertz CT molecular complexity index is 2260. The molecule has 1 aromatic heterocycles. The topological polar surface area (TPSA) is 253 Å². The quantitative estimate of drug-likeness (QED) is 0.0547. The third kappa shape index (κ3) is 16.1. The largest absolute Gasteiger partial charge is 0.467 e. The van der Waals surface area contributed by atoms with Gasteiger partial charge in [-0.05, 0) is 153 Å². The van der Waals surface area contributed by atoms with Gasteiger partial charge in [-0.2, -0.15) is 15.0 Å². The van der Waals surface area contributed by atoms with Crippen molar-refractivity contribution in [2.24, 2.45) is 0 Å². The fraction of sp³-hybridized carbons (Fsp3) is 0.611. The summed E-state index contributed by atoms with van der Waals surface area (Å²) in [4.78, 5) is 98.9. The minimum atomic E-state index is -0.814. The van der Waals surface area contributed by atoms with Crippen molar-refractivity contribution < 1.29 is 33.5 Å². The van der Waals surface area contributed by atoms with Crippen molar-refractivity contribution in [2.75, 3.05) is 58.0 Å². The highest BCUT2D eigenvalue weighted by atomic mass is 35.5. The second-order valence-electron chi connectivity index (χ2n) is 20.1. The first kappa shape index (κ1) is 61.0. The molecule has 76 heavy (non-hydrogen) atoms. The Hall–Kier alpha value is -5.83. The SMILES string of the molecule is CN[C@@H](C)C(=O)N[C@@H](CCCCNc1nc(NCCCC[C@H](NC(=O)[C@H](C)NC)C(=O)N2CCC[C@H]2C(=O)N[C@@H]2CCCc3ccccc32)nc(OC)n1)C(=O)N1CCC[C@H]1C(=O)NC1CCCc2ccccc21.Cl.Cl. The average molecular weight is 1100 g/mol. The van der Waals surface area contributed by atoms with Crippen LogP contribution in [-0.4, -0.2) is 144 Å². The molecule has 0 radical (unpaired) electrons. The molecule has 4 aliphatic rings. The van der Waals surface area contributed by atoms with E-state index in [0.29, 0.717) is 102 Å². The molecule has 3 aromatic rings. The van der Waals surface area contributed by atoms with Crippen molar-refractivity contribution in [2.45, 2.75) is 165 Å². The van der Waals surface area contributed by atoms with Gasteiger partial charge in [-0.15, -0.1) is 24.8 Å². The first-order valence-corrected chi connectivity index (χ1v) is 27.0. The Morgan fingerprint density at radius 3 is 1.42 bits per heavy atom. The number of carbonyl (C=O) groups excluding carboxylic acids is 6. The molecule has 2 aromatic carbocycles. The Morgan fingerprint density at radius 1 is 0.592 bits per heavy atom. The van der Waals surface area contributed by atoms with Crippen LogP contribution in [0.1, 0.15) is 138 Å². The predicted molar refractivity (Wildman–Crippen MR) is 296 cm³/mol. The molecule has 2 aliphatic heterocycles. The molecule has 20 nitrogen and oxygen atoms in total. The Morgan fingerprint density at radius 2 is 1.01 bits per heavy atom. The first-order chi connectivity index (χ1) is 35.9. The number of hydrogen-bond donors (Lipinski definition) is 8. The number of anilines is 2. The third-order valence-electron chi connectivity index (χ3n) is 15.1. The maximum atomic E-state index is 14.2. The van der Waals surface area contributed by atoms with Gasteiger partial charge in [-0.3, -0.25) is 28.8 Å². The van der Waals surface area contributed by atoms with Gasteiger partial charge in [0.1, 0.15) is 24.2 Å². The van der Waals surface area contributed by atoms with Crippen molar-refractivity contribution in [3.63, 3.8) is 0 Å². The van der Waals surface area contributed by atoms with Gasteiger partial charge >= 0.3 is 6.01 Å². The molecular formula is C54H81Cl2N13O7. The summed E-state index contributed by atoms with van der Waals surface area (Å²) in [6.45, 7) is 5.26. The molecule has 2 saturated heterocycles. The molecule has 0 bridgehead atoms. The zero-order valence-corrected chi connectivity index (χ0v) is 46.4. The lowest BCUT2D eigenvalue weighted by Gasteiger charge is -2.32. The van der Waals surface area contributed by atoms with Crippen molar-refractivity contribution in [3.05, 3.63) is 70.8 Å². The maximum Gasteiger partial charge on any atom is 0.322 e. The lowest BCUT2D eigenvalue weighted by atomic mass is 9.87. The van der Waals surface area contributed by atoms with Crippen LogP contribution >= 0.6 is 24.8 Å². The summed E-state index contributed by atoms with van der Waals surface area (Å²) in [5.41, 5.74) is 4.77. The normalized spacial score (nSPS) is 20.2. The molecule has 3 heterocycles. The number of rotatable bonds is 25. The van der Waals surface area contributed by atoms with E-state index in [0.717, 1.165) is 49.7 Å². The van der Waals surface area contributed by atoms with E-state index < -0.39 is 36.3 Å². The number of amides is 6. The van der Waals surface area contributed by atoms with Crippen LogP contribution in [0, 0.1) is 0 Å². The number of nitrogens with zero attached hydrogens (tertiary/aromatic N) is 5. The molecule has 0 saturated carbocycles. The number of ether oxygens (including phenoxy) is 1. The van der Waals surface area contributed by atoms with Crippen LogP contribution in [0.5, 0.6) is 6.01 Å². The molecule has 418 valence electrons. The number of benzene rings is 2. The van der Waals surface area contributed by atoms with E-state index in [4.69, 9.17) is 4.74 Å². The number of halogens is 2. The van der Waals surface area contributed by atoms with Gasteiger partial charge in [-0.1, -0.05) is 48.5 Å². The number of hydrogen-bond acceptors (Lipinski definition) is 14. The second-order valence-corrected chi connectivity index (χ2v) is 20.1. The van der Waals surface area contributed by atoms with Gasteiger partial charge in [0.25, 0.3) is 0 Å². The smallest absolute Gasteiger partial charge is 0.322 e. The number of aryl methyl sites for hydroxylation is 2. The highest BCUT2D eigenvalue weighted by molar-refractivity contribution is 5.94. The molecule has 8 N–H and O–H groups in total. The molecule has 6 amide bonds. The summed E-state index contributed by atoms with van der Waals surface area (Å²) >= 11 is 0. The lowest BCUT2D eigenvalue weighted by molar-refractivity contribution is -0.142. The molecule has 1 unspecified atom stereocenters. The number of likely N-dealkylation sites (tertiary alicyclic amines) is 2. The summed E-state index contributed by atoms with van der Waals surface area (Å²) in [7, 11) is 4.85. The fourth-order valence-corrected chi connectivity index (χ4v) is 10.7. The van der Waals surface area contributed by atoms with Crippen LogP contribution in [0.25, 0.3) is 0 Å². The minimum Gasteiger partial charge on any atom is -0.467 e. The first-order valence-electron chi connectivity index (χ1n) is 27.0. The highest BCUT2D eigenvalue weighted by Crippen LogP contribution is 2.32. The van der Waals surface area contributed by atoms with Crippen LogP contribution in [0.4, 0.5) is 11.9 Å². The van der Waals surface area contributed by atoms with E-state index in [1.807, 2.05) is 24.3 Å². The standard InChI is InChI=1S/C54H79N13O7.2ClH/c1-34(55-3)46(68)61-42(50(72)66-32-16-28-44(66)48(70)59-40-26-14-20-36-18-6-8-22-38(36)40)24-10-12-30-57-52-63-53(65-54(64-52)74-5)58-31-13-11-25-43(62-47(69)35(2)56-4)51(73)67-33-17-29-45(67)49(71)60-41-27-15-21-37-19-7-9-23-39(37)41;;/h6-9,18-19,22-23,34-35,40-45,55-56H,10-17,20-21,24-33H2,1-5H3,(H,59,70)(H,60,71)(H,61,68)(H,62,69)(H2,57,58,63,64,65);2*1H/t34-,35-,40+,41?,42-,43-,44-,45-;;/m0../s1. The second kappa shape index (κ2) is 30.2. The number of fused-ring (bicyclic) bond motifs is 2. The number of methoxy groups -OCH3 is 1. The van der Waals surface area contributed by atoms with Gasteiger partial charge < -0.3 is 57.1 Å². The summed E-state index contributed by atoms with van der Waals surface area (Å²) < 4.78 is 5.39. The Balaban J connectivity index is 0.00000533. The van der Waals surface area contributed by atoms with Crippen LogP contribution in [0.3, 0.4) is 0 Å². The Kier molecular flexibility index (Phi) is 24.3. The van der Waals surface area contributed by atoms with Crippen molar-refractivity contribution in [3.8, 4) is 6.01 Å². The summed E-state index contributed by atoms with van der Waals surface area (Å²) in [5.74, 6) is -0.841. The molecule has 2 fully saturated rings. The van der Waals surface area contributed by atoms with Gasteiger partial charge in [0, 0.05) is 26.2 Å². The number of nitrogens with one attached hydrogen (secondary N) is 8. The van der Waals surface area contributed by atoms with E-state index in [9.17, 15) is 28.8 Å². The van der Waals surface area contributed by atoms with E-state index in [2.05, 4.69) is 81.8 Å². The van der Waals surface area contributed by atoms with E-state index in [-0.39, 0.29) is 78.4 Å². The number of carbonyl (C=O) groups is 6. The predicted octanol–water partition coefficient (Wildman–Crippen LogP) is 4.44. The molecule has 7 rings (SSSR count). The maximum absolute atomic E-state index is 14.2. The fourth-order valence-electron chi connectivity index (χ4n) is 10.7. The van der Waals surface area contributed by atoms with Gasteiger partial charge in [-0.25, -0.2) is 0 Å². The molecule has 22 heteroatoms. The third-order valence-corrected chi connectivity index (χ3v) is 15.1. The summed E-state index contributed by atoms with van der Waals surface area (Å²) in [6.07, 6.45) is 11.3. The van der Waals surface area contributed by atoms with Crippen LogP contribution < -0.4 is 47.3 Å². The van der Waals surface area contributed by atoms with Gasteiger partial charge in [0.15, 0.2) is 0 Å². The van der Waals surface area contributed by atoms with Crippen molar-refractivity contribution in [1.82, 2.24) is 56.7 Å². The summed E-state index contributed by atoms with van der Waals surface area (Å²) in [5, 5.41) is 24.8. The van der Waals surface area contributed by atoms with Crippen molar-refractivity contribution in [1.29, 1.82) is 0 Å². The minimum absolute atomic E-state index is 0. The molecule has 2 aliphatic carbocycles. The highest BCUT2D eigenvalue weighted by Gasteiger charge is 2.40. The zero-order chi connectivity index (χ0) is 52.6. The number of unbranched alkanes of at least 4 members (excludes halogenated alkanes) is 2. The Labute approximate surface area is 460 Å². The summed E-state index contributed by atoms with van der Waals surface area (Å²) in [6, 6.07) is 12.4.